The number of amides is 1. The van der Waals surface area contributed by atoms with Crippen molar-refractivity contribution in [1.82, 2.24) is 9.47 Å². The molecule has 1 fully saturated rings. The maximum absolute atomic E-state index is 15.4. The number of fused-ring (bicyclic) bond motifs is 1. The topological polar surface area (TPSA) is 107 Å². The molecule has 11 heteroatoms. The van der Waals surface area contributed by atoms with E-state index in [1.54, 1.807) is 67.5 Å². The minimum atomic E-state index is -3.56. The molecule has 1 amide bonds. The SMILES string of the molecule is CCS(=O)(=O)Nc1ccc(Oc2ccc(CCC3CCN(C(=O)OC(C)(C)C)CC3)c(F)c2)c(-c2cn(C)c(=O)c3ccccc23)c1. The van der Waals surface area contributed by atoms with E-state index in [1.807, 2.05) is 32.9 Å². The van der Waals surface area contributed by atoms with Crippen LogP contribution < -0.4 is 15.0 Å². The highest BCUT2D eigenvalue weighted by molar-refractivity contribution is 7.92. The van der Waals surface area contributed by atoms with Gasteiger partial charge in [-0.25, -0.2) is 17.6 Å². The van der Waals surface area contributed by atoms with Crippen molar-refractivity contribution in [2.24, 2.45) is 13.0 Å². The van der Waals surface area contributed by atoms with Gasteiger partial charge in [-0.05, 0) is 101 Å². The molecule has 3 aromatic carbocycles. The average Bonchev–Trinajstić information content (AvgIpc) is 3.02. The van der Waals surface area contributed by atoms with E-state index >= 15 is 4.39 Å². The first-order valence-electron chi connectivity index (χ1n) is 15.9. The van der Waals surface area contributed by atoms with Crippen LogP contribution in [0.1, 0.15) is 52.5 Å². The number of piperidine rings is 1. The molecule has 1 N–H and O–H groups in total. The van der Waals surface area contributed by atoms with E-state index in [4.69, 9.17) is 9.47 Å². The van der Waals surface area contributed by atoms with Crippen LogP contribution in [0, 0.1) is 11.7 Å². The zero-order chi connectivity index (χ0) is 33.9. The highest BCUT2D eigenvalue weighted by Gasteiger charge is 2.27. The number of nitrogens with one attached hydrogen (secondary N) is 1. The fourth-order valence-corrected chi connectivity index (χ4v) is 6.42. The van der Waals surface area contributed by atoms with Gasteiger partial charge in [-0.3, -0.25) is 9.52 Å². The van der Waals surface area contributed by atoms with Gasteiger partial charge >= 0.3 is 6.09 Å². The molecule has 1 aliphatic heterocycles. The number of carbonyl (C=O) groups excluding carboxylic acids is 1. The number of halogens is 1. The lowest BCUT2D eigenvalue weighted by atomic mass is 9.90. The predicted octanol–water partition coefficient (Wildman–Crippen LogP) is 7.48. The highest BCUT2D eigenvalue weighted by Crippen LogP contribution is 2.39. The summed E-state index contributed by atoms with van der Waals surface area (Å²) in [6, 6.07) is 16.9. The minimum Gasteiger partial charge on any atom is -0.457 e. The largest absolute Gasteiger partial charge is 0.457 e. The lowest BCUT2D eigenvalue weighted by Gasteiger charge is -2.33. The predicted molar refractivity (Wildman–Crippen MR) is 183 cm³/mol. The number of anilines is 1. The summed E-state index contributed by atoms with van der Waals surface area (Å²) in [5.41, 5.74) is 1.42. The molecular weight excluding hydrogens is 621 g/mol. The summed E-state index contributed by atoms with van der Waals surface area (Å²) in [5, 5.41) is 1.18. The van der Waals surface area contributed by atoms with Crippen molar-refractivity contribution < 1.29 is 27.1 Å². The van der Waals surface area contributed by atoms with Crippen LogP contribution >= 0.6 is 0 Å². The number of nitrogens with zero attached hydrogens (tertiary/aromatic N) is 2. The summed E-state index contributed by atoms with van der Waals surface area (Å²) in [4.78, 5) is 27.0. The molecule has 0 atom stereocenters. The molecule has 0 radical (unpaired) electrons. The second-order valence-corrected chi connectivity index (χ2v) is 15.0. The van der Waals surface area contributed by atoms with Gasteiger partial charge < -0.3 is 18.9 Å². The summed E-state index contributed by atoms with van der Waals surface area (Å²) in [5.74, 6) is 0.564. The van der Waals surface area contributed by atoms with E-state index in [0.29, 0.717) is 64.3 Å². The Morgan fingerprint density at radius 1 is 1.00 bits per heavy atom. The number of hydrogen-bond acceptors (Lipinski definition) is 6. The van der Waals surface area contributed by atoms with E-state index in [0.717, 1.165) is 19.3 Å². The Kier molecular flexibility index (Phi) is 9.95. The fraction of sp³-hybridized carbons (Fsp3) is 0.389. The smallest absolute Gasteiger partial charge is 0.410 e. The number of sulfonamides is 1. The molecule has 0 spiro atoms. The molecule has 1 aliphatic rings. The Labute approximate surface area is 275 Å². The number of aromatic nitrogens is 1. The van der Waals surface area contributed by atoms with E-state index in [1.165, 1.54) is 10.6 Å². The van der Waals surface area contributed by atoms with Crippen molar-refractivity contribution >= 4 is 32.6 Å². The third kappa shape index (κ3) is 8.32. The zero-order valence-electron chi connectivity index (χ0n) is 27.5. The minimum absolute atomic E-state index is 0.0970. The Morgan fingerprint density at radius 3 is 2.36 bits per heavy atom. The fourth-order valence-electron chi connectivity index (χ4n) is 5.79. The molecule has 1 aromatic heterocycles. The van der Waals surface area contributed by atoms with Gasteiger partial charge in [-0.1, -0.05) is 24.3 Å². The molecule has 9 nitrogen and oxygen atoms in total. The van der Waals surface area contributed by atoms with Crippen LogP contribution in [0.4, 0.5) is 14.9 Å². The number of hydrogen-bond donors (Lipinski definition) is 1. The van der Waals surface area contributed by atoms with Gasteiger partial charge in [0, 0.05) is 54.6 Å². The van der Waals surface area contributed by atoms with Crippen molar-refractivity contribution in [2.45, 2.75) is 59.0 Å². The van der Waals surface area contributed by atoms with Gasteiger partial charge in [0.15, 0.2) is 0 Å². The van der Waals surface area contributed by atoms with Crippen LogP contribution in [0.3, 0.4) is 0 Å². The Hall–Kier alpha value is -4.38. The lowest BCUT2D eigenvalue weighted by molar-refractivity contribution is 0.0181. The number of ether oxygens (including phenoxy) is 2. The standard InChI is InChI=1S/C36H42FN3O6S/c1-6-47(43,44)38-26-14-16-33(30(21-26)31-23-39(5)34(41)29-10-8-7-9-28(29)31)45-27-15-13-25(32(37)22-27)12-11-24-17-19-40(20-18-24)35(42)46-36(2,3)4/h7-10,13-16,21-24,38H,6,11-12,17-20H2,1-5H3. The molecule has 0 aliphatic carbocycles. The molecule has 47 heavy (non-hydrogen) atoms. The number of likely N-dealkylation sites (tertiary alicyclic amines) is 1. The Balaban J connectivity index is 1.35. The van der Waals surface area contributed by atoms with Crippen LogP contribution in [0.5, 0.6) is 11.5 Å². The first-order valence-corrected chi connectivity index (χ1v) is 17.6. The summed E-state index contributed by atoms with van der Waals surface area (Å²) in [6.07, 6.45) is 4.45. The molecule has 0 unspecified atom stereocenters. The van der Waals surface area contributed by atoms with Crippen LogP contribution in [0.2, 0.25) is 0 Å². The van der Waals surface area contributed by atoms with Gasteiger partial charge in [0.2, 0.25) is 10.0 Å². The van der Waals surface area contributed by atoms with Gasteiger partial charge in [0.25, 0.3) is 5.56 Å². The van der Waals surface area contributed by atoms with Crippen molar-refractivity contribution in [3.8, 4) is 22.6 Å². The third-order valence-electron chi connectivity index (χ3n) is 8.35. The van der Waals surface area contributed by atoms with E-state index < -0.39 is 15.6 Å². The first kappa shape index (κ1) is 34.0. The third-order valence-corrected chi connectivity index (χ3v) is 9.66. The number of benzene rings is 3. The van der Waals surface area contributed by atoms with Crippen LogP contribution in [-0.4, -0.2) is 48.4 Å². The van der Waals surface area contributed by atoms with Gasteiger partial charge in [0.1, 0.15) is 22.9 Å². The lowest BCUT2D eigenvalue weighted by Crippen LogP contribution is -2.41. The maximum atomic E-state index is 15.4. The summed E-state index contributed by atoms with van der Waals surface area (Å²) in [7, 11) is -1.90. The molecule has 5 rings (SSSR count). The van der Waals surface area contributed by atoms with Crippen LogP contribution in [0.25, 0.3) is 21.9 Å². The maximum Gasteiger partial charge on any atom is 0.410 e. The van der Waals surface area contributed by atoms with Gasteiger partial charge in [-0.2, -0.15) is 0 Å². The van der Waals surface area contributed by atoms with Crippen molar-refractivity contribution in [1.29, 1.82) is 0 Å². The molecule has 0 saturated carbocycles. The van der Waals surface area contributed by atoms with Crippen molar-refractivity contribution in [3.05, 3.63) is 88.6 Å². The van der Waals surface area contributed by atoms with Gasteiger partial charge in [-0.15, -0.1) is 0 Å². The second-order valence-electron chi connectivity index (χ2n) is 13.0. The summed E-state index contributed by atoms with van der Waals surface area (Å²) in [6.45, 7) is 8.36. The molecule has 1 saturated heterocycles. The van der Waals surface area contributed by atoms with E-state index in [2.05, 4.69) is 4.72 Å². The first-order chi connectivity index (χ1) is 22.2. The molecule has 4 aromatic rings. The monoisotopic (exact) mass is 663 g/mol. The number of carbonyl (C=O) groups is 1. The van der Waals surface area contributed by atoms with Gasteiger partial charge in [0.05, 0.1) is 5.75 Å². The molecule has 0 bridgehead atoms. The van der Waals surface area contributed by atoms with E-state index in [9.17, 15) is 18.0 Å². The number of aryl methyl sites for hydroxylation is 2. The van der Waals surface area contributed by atoms with Crippen molar-refractivity contribution in [2.75, 3.05) is 23.6 Å². The molecular formula is C36H42FN3O6S. The normalized spacial score (nSPS) is 14.3. The van der Waals surface area contributed by atoms with Crippen molar-refractivity contribution in [3.63, 3.8) is 0 Å². The number of pyridine rings is 1. The zero-order valence-corrected chi connectivity index (χ0v) is 28.3. The Morgan fingerprint density at radius 2 is 1.70 bits per heavy atom. The van der Waals surface area contributed by atoms with Crippen LogP contribution in [0.15, 0.2) is 71.7 Å². The molecule has 250 valence electrons. The van der Waals surface area contributed by atoms with Crippen LogP contribution in [-0.2, 0) is 28.2 Å². The second kappa shape index (κ2) is 13.8. The highest BCUT2D eigenvalue weighted by atomic mass is 32.2. The summed E-state index contributed by atoms with van der Waals surface area (Å²) >= 11 is 0. The quantitative estimate of drug-likeness (QED) is 0.199. The van der Waals surface area contributed by atoms with E-state index in [-0.39, 0.29) is 29.0 Å². The average molecular weight is 664 g/mol. The molecule has 2 heterocycles. The summed E-state index contributed by atoms with van der Waals surface area (Å²) < 4.78 is 55.9. The number of rotatable bonds is 9. The Bertz CT molecular complexity index is 1940.